The van der Waals surface area contributed by atoms with Crippen LogP contribution in [0.25, 0.3) is 32.9 Å². The quantitative estimate of drug-likeness (QED) is 0.382. The lowest BCUT2D eigenvalue weighted by Gasteiger charge is -1.97. The first-order valence-electron chi connectivity index (χ1n) is 6.05. The second-order valence-corrected chi connectivity index (χ2v) is 5.11. The second kappa shape index (κ2) is 3.93. The summed E-state index contributed by atoms with van der Waals surface area (Å²) >= 11 is 5.97. The van der Waals surface area contributed by atoms with Crippen LogP contribution in [0.5, 0.6) is 11.5 Å². The number of hydrogen-bond donors (Lipinski definition) is 2. The van der Waals surface area contributed by atoms with E-state index < -0.39 is 5.63 Å². The van der Waals surface area contributed by atoms with Gasteiger partial charge in [-0.25, -0.2) is 4.79 Å². The molecule has 2 N–H and O–H groups in total. The number of phenols is 2. The Morgan fingerprint density at radius 1 is 0.905 bits per heavy atom. The molecule has 0 atom stereocenters. The maximum Gasteiger partial charge on any atom is 0.348 e. The number of benzene rings is 2. The Labute approximate surface area is 121 Å². The van der Waals surface area contributed by atoms with E-state index in [9.17, 15) is 15.0 Å². The highest BCUT2D eigenvalue weighted by Gasteiger charge is 2.18. The predicted octanol–water partition coefficient (Wildman–Crippen LogP) is 3.76. The van der Waals surface area contributed by atoms with Crippen LogP contribution >= 0.6 is 11.6 Å². The number of rotatable bonds is 0. The van der Waals surface area contributed by atoms with Crippen LogP contribution in [0.4, 0.5) is 0 Å². The number of furan rings is 1. The maximum atomic E-state index is 12.1. The molecule has 0 aliphatic carbocycles. The average molecular weight is 303 g/mol. The van der Waals surface area contributed by atoms with Crippen LogP contribution in [0.2, 0.25) is 5.02 Å². The number of phenolic OH excluding ortho intramolecular Hbond substituents is 2. The molecule has 104 valence electrons. The minimum absolute atomic E-state index is 0.204. The summed E-state index contributed by atoms with van der Waals surface area (Å²) in [6, 6.07) is 7.34. The summed E-state index contributed by atoms with van der Waals surface area (Å²) < 4.78 is 10.9. The molecule has 21 heavy (non-hydrogen) atoms. The molecule has 2 heterocycles. The third-order valence-corrected chi connectivity index (χ3v) is 3.61. The molecule has 0 saturated heterocycles. The molecule has 6 heteroatoms. The highest BCUT2D eigenvalue weighted by atomic mass is 35.5. The number of halogens is 1. The lowest BCUT2D eigenvalue weighted by atomic mass is 10.1. The molecule has 0 unspecified atom stereocenters. The Morgan fingerprint density at radius 2 is 1.67 bits per heavy atom. The van der Waals surface area contributed by atoms with Crippen molar-refractivity contribution in [3.63, 3.8) is 0 Å². The van der Waals surface area contributed by atoms with Gasteiger partial charge >= 0.3 is 5.63 Å². The van der Waals surface area contributed by atoms with Crippen molar-refractivity contribution in [3.05, 3.63) is 45.8 Å². The van der Waals surface area contributed by atoms with Crippen LogP contribution in [-0.4, -0.2) is 10.2 Å². The van der Waals surface area contributed by atoms with Gasteiger partial charge in [0.15, 0.2) is 17.1 Å². The van der Waals surface area contributed by atoms with E-state index in [1.807, 2.05) is 0 Å². The first-order valence-corrected chi connectivity index (χ1v) is 6.43. The van der Waals surface area contributed by atoms with Crippen LogP contribution < -0.4 is 5.63 Å². The zero-order valence-electron chi connectivity index (χ0n) is 10.4. The Bertz CT molecular complexity index is 1090. The second-order valence-electron chi connectivity index (χ2n) is 4.67. The van der Waals surface area contributed by atoms with E-state index in [4.69, 9.17) is 20.4 Å². The number of aromatic hydroxyl groups is 2. The molecule has 5 nitrogen and oxygen atoms in total. The summed E-state index contributed by atoms with van der Waals surface area (Å²) in [6.07, 6.45) is 0. The molecular formula is C15H7ClO5. The standard InChI is InChI=1S/C15H7ClO5/c16-6-1-2-11-8(3-6)14-13(15(19)21-11)7-4-9(17)10(18)5-12(7)20-14/h1-5,17-18H. The van der Waals surface area contributed by atoms with Crippen LogP contribution in [0, 0.1) is 0 Å². The van der Waals surface area contributed by atoms with Gasteiger partial charge in [-0.1, -0.05) is 11.6 Å². The smallest absolute Gasteiger partial charge is 0.348 e. The van der Waals surface area contributed by atoms with Crippen LogP contribution in [0.15, 0.2) is 44.0 Å². The normalized spacial score (nSPS) is 11.7. The summed E-state index contributed by atoms with van der Waals surface area (Å²) in [6.45, 7) is 0. The molecule has 0 bridgehead atoms. The highest BCUT2D eigenvalue weighted by molar-refractivity contribution is 6.31. The van der Waals surface area contributed by atoms with Crippen molar-refractivity contribution in [1.29, 1.82) is 0 Å². The third kappa shape index (κ3) is 1.61. The molecule has 0 fully saturated rings. The molecule has 0 aliphatic heterocycles. The Morgan fingerprint density at radius 3 is 2.48 bits per heavy atom. The van der Waals surface area contributed by atoms with Gasteiger partial charge in [0.2, 0.25) is 0 Å². The van der Waals surface area contributed by atoms with Crippen molar-refractivity contribution in [1.82, 2.24) is 0 Å². The Hall–Kier alpha value is -2.66. The largest absolute Gasteiger partial charge is 0.504 e. The van der Waals surface area contributed by atoms with Gasteiger partial charge in [-0.05, 0) is 24.3 Å². The Kier molecular flexibility index (Phi) is 2.26. The van der Waals surface area contributed by atoms with Gasteiger partial charge in [0.05, 0.1) is 5.39 Å². The van der Waals surface area contributed by atoms with Gasteiger partial charge < -0.3 is 19.0 Å². The van der Waals surface area contributed by atoms with Gasteiger partial charge in [0, 0.05) is 16.5 Å². The van der Waals surface area contributed by atoms with Crippen molar-refractivity contribution < 1.29 is 19.0 Å². The average Bonchev–Trinajstić information content (AvgIpc) is 2.80. The van der Waals surface area contributed by atoms with Gasteiger partial charge in [0.1, 0.15) is 16.6 Å². The van der Waals surface area contributed by atoms with E-state index >= 15 is 0 Å². The molecule has 2 aromatic carbocycles. The van der Waals surface area contributed by atoms with Gasteiger partial charge in [-0.15, -0.1) is 0 Å². The van der Waals surface area contributed by atoms with Crippen molar-refractivity contribution in [2.75, 3.05) is 0 Å². The van der Waals surface area contributed by atoms with E-state index in [1.165, 1.54) is 12.1 Å². The van der Waals surface area contributed by atoms with Crippen molar-refractivity contribution in [2.24, 2.45) is 0 Å². The molecule has 4 rings (SSSR count). The Balaban J connectivity index is 2.33. The lowest BCUT2D eigenvalue weighted by molar-refractivity contribution is 0.404. The van der Waals surface area contributed by atoms with Crippen LogP contribution in [-0.2, 0) is 0 Å². The summed E-state index contributed by atoms with van der Waals surface area (Å²) in [4.78, 5) is 12.1. The molecule has 0 saturated carbocycles. The van der Waals surface area contributed by atoms with Crippen molar-refractivity contribution >= 4 is 44.5 Å². The van der Waals surface area contributed by atoms with E-state index in [2.05, 4.69) is 0 Å². The van der Waals surface area contributed by atoms with E-state index in [0.29, 0.717) is 27.0 Å². The minimum Gasteiger partial charge on any atom is -0.504 e. The van der Waals surface area contributed by atoms with Crippen molar-refractivity contribution in [2.45, 2.75) is 0 Å². The topological polar surface area (TPSA) is 83.8 Å². The summed E-state index contributed by atoms with van der Waals surface area (Å²) in [5, 5.41) is 20.7. The molecule has 0 spiro atoms. The SMILES string of the molecule is O=c1oc2ccc(Cl)cc2c2oc3cc(O)c(O)cc3c12. The zero-order chi connectivity index (χ0) is 14.7. The van der Waals surface area contributed by atoms with E-state index in [-0.39, 0.29) is 22.5 Å². The summed E-state index contributed by atoms with van der Waals surface area (Å²) in [5.41, 5.74) is 0.358. The first-order chi connectivity index (χ1) is 10.0. The molecule has 4 aromatic rings. The maximum absolute atomic E-state index is 12.1. The van der Waals surface area contributed by atoms with Crippen LogP contribution in [0.3, 0.4) is 0 Å². The fourth-order valence-electron chi connectivity index (χ4n) is 2.43. The molecular weight excluding hydrogens is 296 g/mol. The fraction of sp³-hybridized carbons (Fsp3) is 0. The molecule has 2 aromatic heterocycles. The zero-order valence-corrected chi connectivity index (χ0v) is 11.1. The fourth-order valence-corrected chi connectivity index (χ4v) is 2.60. The highest BCUT2D eigenvalue weighted by Crippen LogP contribution is 2.37. The molecule has 0 aliphatic rings. The van der Waals surface area contributed by atoms with Crippen molar-refractivity contribution in [3.8, 4) is 11.5 Å². The number of hydrogen-bond acceptors (Lipinski definition) is 5. The summed E-state index contributed by atoms with van der Waals surface area (Å²) in [7, 11) is 0. The molecule has 0 amide bonds. The van der Waals surface area contributed by atoms with E-state index in [1.54, 1.807) is 18.2 Å². The van der Waals surface area contributed by atoms with Crippen LogP contribution in [0.1, 0.15) is 0 Å². The van der Waals surface area contributed by atoms with Gasteiger partial charge in [0.25, 0.3) is 0 Å². The first kappa shape index (κ1) is 12.1. The van der Waals surface area contributed by atoms with Gasteiger partial charge in [-0.2, -0.15) is 0 Å². The summed E-state index contributed by atoms with van der Waals surface area (Å²) in [5.74, 6) is -0.663. The van der Waals surface area contributed by atoms with E-state index in [0.717, 1.165) is 0 Å². The lowest BCUT2D eigenvalue weighted by Crippen LogP contribution is -1.98. The monoisotopic (exact) mass is 302 g/mol. The predicted molar refractivity (Wildman–Crippen MR) is 78.1 cm³/mol. The number of fused-ring (bicyclic) bond motifs is 5. The minimum atomic E-state index is -0.580. The third-order valence-electron chi connectivity index (χ3n) is 3.38. The van der Waals surface area contributed by atoms with Gasteiger partial charge in [-0.3, -0.25) is 0 Å². The molecule has 0 radical (unpaired) electrons.